The molecule has 0 aromatic carbocycles. The fourth-order valence-electron chi connectivity index (χ4n) is 1.68. The Labute approximate surface area is 88.5 Å². The van der Waals surface area contributed by atoms with Crippen molar-refractivity contribution in [2.75, 3.05) is 25.5 Å². The van der Waals surface area contributed by atoms with Gasteiger partial charge in [0.05, 0.1) is 0 Å². The number of nitrogens with one attached hydrogen (secondary N) is 1. The Bertz CT molecular complexity index is 299. The summed E-state index contributed by atoms with van der Waals surface area (Å²) in [7, 11) is 2.15. The Hall–Kier alpha value is -0.680. The lowest BCUT2D eigenvalue weighted by molar-refractivity contribution is 0.414. The van der Waals surface area contributed by atoms with E-state index in [4.69, 9.17) is 0 Å². The summed E-state index contributed by atoms with van der Waals surface area (Å²) < 4.78 is 4.25. The molecule has 0 aliphatic carbocycles. The van der Waals surface area contributed by atoms with Crippen molar-refractivity contribution < 1.29 is 0 Å². The molecule has 1 fully saturated rings. The predicted molar refractivity (Wildman–Crippen MR) is 58.8 cm³/mol. The number of rotatable bonds is 3. The maximum atomic E-state index is 4.40. The predicted octanol–water partition coefficient (Wildman–Crippen LogP) is 1.22. The molecule has 4 nitrogen and oxygen atoms in total. The molecule has 0 bridgehead atoms. The van der Waals surface area contributed by atoms with Crippen molar-refractivity contribution in [1.82, 2.24) is 14.3 Å². The van der Waals surface area contributed by atoms with E-state index in [9.17, 15) is 0 Å². The van der Waals surface area contributed by atoms with Gasteiger partial charge in [0.25, 0.3) is 0 Å². The fraction of sp³-hybridized carbons (Fsp3) is 0.778. The van der Waals surface area contributed by atoms with Crippen LogP contribution in [0.15, 0.2) is 0 Å². The smallest absolute Gasteiger partial charge is 0.202 e. The van der Waals surface area contributed by atoms with E-state index in [1.807, 2.05) is 0 Å². The number of nitrogens with zero attached hydrogens (tertiary/aromatic N) is 3. The second kappa shape index (κ2) is 4.23. The summed E-state index contributed by atoms with van der Waals surface area (Å²) >= 11 is 1.47. The second-order valence-electron chi connectivity index (χ2n) is 3.76. The van der Waals surface area contributed by atoms with Crippen molar-refractivity contribution >= 4 is 16.7 Å². The Balaban J connectivity index is 1.90. The zero-order valence-electron chi connectivity index (χ0n) is 8.66. The van der Waals surface area contributed by atoms with Gasteiger partial charge in [-0.05, 0) is 20.0 Å². The van der Waals surface area contributed by atoms with Crippen molar-refractivity contribution in [2.24, 2.45) is 0 Å². The number of likely N-dealkylation sites (tertiary alicyclic amines) is 1. The molecule has 0 radical (unpaired) electrons. The van der Waals surface area contributed by atoms with Gasteiger partial charge in [-0.1, -0.05) is 6.92 Å². The normalized spacial score (nSPS) is 22.9. The highest BCUT2D eigenvalue weighted by Gasteiger charge is 2.19. The van der Waals surface area contributed by atoms with Crippen molar-refractivity contribution in [2.45, 2.75) is 25.8 Å². The molecule has 1 unspecified atom stereocenters. The molecule has 1 N–H and O–H groups in total. The molecule has 1 aliphatic rings. The van der Waals surface area contributed by atoms with Crippen LogP contribution in [0.4, 0.5) is 5.13 Å². The quantitative estimate of drug-likeness (QED) is 0.818. The van der Waals surface area contributed by atoms with E-state index in [0.717, 1.165) is 23.9 Å². The molecule has 0 saturated carbocycles. The lowest BCUT2D eigenvalue weighted by Gasteiger charge is -2.10. The monoisotopic (exact) mass is 212 g/mol. The minimum atomic E-state index is 0.553. The number of hydrogen-bond acceptors (Lipinski definition) is 5. The van der Waals surface area contributed by atoms with Crippen LogP contribution in [0.5, 0.6) is 0 Å². The maximum Gasteiger partial charge on any atom is 0.202 e. The topological polar surface area (TPSA) is 41.1 Å². The van der Waals surface area contributed by atoms with E-state index in [1.165, 1.54) is 24.5 Å². The Morgan fingerprint density at radius 3 is 3.07 bits per heavy atom. The van der Waals surface area contributed by atoms with Crippen molar-refractivity contribution in [1.29, 1.82) is 0 Å². The van der Waals surface area contributed by atoms with Crippen LogP contribution < -0.4 is 5.32 Å². The van der Waals surface area contributed by atoms with E-state index >= 15 is 0 Å². The largest absolute Gasteiger partial charge is 0.356 e. The molecule has 1 aromatic rings. The molecule has 1 atom stereocenters. The van der Waals surface area contributed by atoms with Gasteiger partial charge in [-0.3, -0.25) is 0 Å². The lowest BCUT2D eigenvalue weighted by Crippen LogP contribution is -2.23. The Morgan fingerprint density at radius 2 is 2.50 bits per heavy atom. The molecule has 0 amide bonds. The van der Waals surface area contributed by atoms with Crippen LogP contribution in [0.25, 0.3) is 0 Å². The van der Waals surface area contributed by atoms with Gasteiger partial charge < -0.3 is 10.2 Å². The zero-order valence-corrected chi connectivity index (χ0v) is 9.47. The van der Waals surface area contributed by atoms with Gasteiger partial charge >= 0.3 is 0 Å². The van der Waals surface area contributed by atoms with E-state index < -0.39 is 0 Å². The van der Waals surface area contributed by atoms with Crippen LogP contribution in [-0.2, 0) is 6.42 Å². The third kappa shape index (κ3) is 2.22. The Kier molecular flexibility index (Phi) is 2.98. The molecule has 1 aliphatic heterocycles. The molecule has 78 valence electrons. The number of likely N-dealkylation sites (N-methyl/N-ethyl adjacent to an activating group) is 1. The van der Waals surface area contributed by atoms with Crippen LogP contribution in [-0.4, -0.2) is 40.4 Å². The average Bonchev–Trinajstić information content (AvgIpc) is 2.76. The summed E-state index contributed by atoms with van der Waals surface area (Å²) in [5, 5.41) is 4.40. The van der Waals surface area contributed by atoms with Crippen LogP contribution in [0.2, 0.25) is 0 Å². The van der Waals surface area contributed by atoms with Gasteiger partial charge in [0.1, 0.15) is 5.82 Å². The molecular weight excluding hydrogens is 196 g/mol. The second-order valence-corrected chi connectivity index (χ2v) is 4.51. The maximum absolute atomic E-state index is 4.40. The highest BCUT2D eigenvalue weighted by molar-refractivity contribution is 7.09. The minimum Gasteiger partial charge on any atom is -0.356 e. The number of aryl methyl sites for hydroxylation is 1. The molecule has 2 rings (SSSR count). The average molecular weight is 212 g/mol. The highest BCUT2D eigenvalue weighted by Crippen LogP contribution is 2.16. The molecule has 2 heterocycles. The first-order valence-corrected chi connectivity index (χ1v) is 5.83. The summed E-state index contributed by atoms with van der Waals surface area (Å²) in [6.07, 6.45) is 2.13. The standard InChI is InChI=1S/C9H16N4S/c1-3-8-11-9(14-12-8)10-7-4-5-13(2)6-7/h7H,3-6H2,1-2H3,(H,10,11,12). The van der Waals surface area contributed by atoms with Crippen LogP contribution in [0.1, 0.15) is 19.2 Å². The van der Waals surface area contributed by atoms with E-state index in [2.05, 4.69) is 33.5 Å². The van der Waals surface area contributed by atoms with Crippen LogP contribution in [0, 0.1) is 0 Å². The molecular formula is C9H16N4S. The lowest BCUT2D eigenvalue weighted by atomic mass is 10.3. The van der Waals surface area contributed by atoms with E-state index in [0.29, 0.717) is 6.04 Å². The minimum absolute atomic E-state index is 0.553. The summed E-state index contributed by atoms with van der Waals surface area (Å²) in [4.78, 5) is 6.73. The molecule has 14 heavy (non-hydrogen) atoms. The molecule has 5 heteroatoms. The molecule has 1 saturated heterocycles. The molecule has 1 aromatic heterocycles. The third-order valence-electron chi connectivity index (χ3n) is 2.50. The van der Waals surface area contributed by atoms with Gasteiger partial charge in [-0.2, -0.15) is 4.37 Å². The first-order chi connectivity index (χ1) is 6.78. The van der Waals surface area contributed by atoms with Crippen LogP contribution in [0.3, 0.4) is 0 Å². The number of aromatic nitrogens is 2. The van der Waals surface area contributed by atoms with Gasteiger partial charge in [-0.25, -0.2) is 4.98 Å². The first-order valence-electron chi connectivity index (χ1n) is 5.05. The van der Waals surface area contributed by atoms with Gasteiger partial charge in [0, 0.05) is 30.5 Å². The SMILES string of the molecule is CCc1nsc(NC2CCN(C)C2)n1. The zero-order chi connectivity index (χ0) is 9.97. The van der Waals surface area contributed by atoms with Crippen molar-refractivity contribution in [3.05, 3.63) is 5.82 Å². The molecule has 0 spiro atoms. The van der Waals surface area contributed by atoms with Crippen LogP contribution >= 0.6 is 11.5 Å². The van der Waals surface area contributed by atoms with E-state index in [1.54, 1.807) is 0 Å². The fourth-order valence-corrected chi connectivity index (χ4v) is 2.41. The summed E-state index contributed by atoms with van der Waals surface area (Å²) in [5.74, 6) is 0.948. The van der Waals surface area contributed by atoms with E-state index in [-0.39, 0.29) is 0 Å². The third-order valence-corrected chi connectivity index (χ3v) is 3.19. The van der Waals surface area contributed by atoms with Crippen molar-refractivity contribution in [3.8, 4) is 0 Å². The summed E-state index contributed by atoms with van der Waals surface area (Å²) in [5.41, 5.74) is 0. The first kappa shape index (κ1) is 9.86. The van der Waals surface area contributed by atoms with Crippen molar-refractivity contribution in [3.63, 3.8) is 0 Å². The Morgan fingerprint density at radius 1 is 1.64 bits per heavy atom. The van der Waals surface area contributed by atoms with Gasteiger partial charge in [-0.15, -0.1) is 0 Å². The number of anilines is 1. The highest BCUT2D eigenvalue weighted by atomic mass is 32.1. The summed E-state index contributed by atoms with van der Waals surface area (Å²) in [6, 6.07) is 0.553. The van der Waals surface area contributed by atoms with Gasteiger partial charge in [0.2, 0.25) is 5.13 Å². The summed E-state index contributed by atoms with van der Waals surface area (Å²) in [6.45, 7) is 4.37. The number of hydrogen-bond donors (Lipinski definition) is 1. The van der Waals surface area contributed by atoms with Gasteiger partial charge in [0.15, 0.2) is 0 Å².